The van der Waals surface area contributed by atoms with Crippen molar-refractivity contribution in [3.63, 3.8) is 0 Å². The average molecular weight is 432 g/mol. The van der Waals surface area contributed by atoms with Crippen LogP contribution in [0, 0.1) is 23.7 Å². The van der Waals surface area contributed by atoms with Crippen LogP contribution in [0.15, 0.2) is 54.1 Å². The van der Waals surface area contributed by atoms with Crippen molar-refractivity contribution in [2.45, 2.75) is 13.3 Å². The summed E-state index contributed by atoms with van der Waals surface area (Å²) in [5.41, 5.74) is 2.18. The van der Waals surface area contributed by atoms with Crippen LogP contribution in [-0.2, 0) is 9.59 Å². The molecule has 7 heteroatoms. The van der Waals surface area contributed by atoms with E-state index in [1.165, 1.54) is 24.7 Å². The Morgan fingerprint density at radius 3 is 2.53 bits per heavy atom. The Morgan fingerprint density at radius 1 is 1.03 bits per heavy atom. The van der Waals surface area contributed by atoms with E-state index in [4.69, 9.17) is 9.47 Å². The molecule has 1 N–H and O–H groups in total. The van der Waals surface area contributed by atoms with Gasteiger partial charge in [0.2, 0.25) is 11.8 Å². The summed E-state index contributed by atoms with van der Waals surface area (Å²) in [4.78, 5) is 41.1. The molecule has 4 atom stereocenters. The number of allylic oxidation sites excluding steroid dienone is 2. The number of hydrogen-bond donors (Lipinski definition) is 1. The van der Waals surface area contributed by atoms with Crippen LogP contribution in [0.5, 0.6) is 11.5 Å². The zero-order valence-corrected chi connectivity index (χ0v) is 18.1. The molecule has 2 fully saturated rings. The number of para-hydroxylation sites is 1. The van der Waals surface area contributed by atoms with Crippen LogP contribution in [0.1, 0.15) is 23.7 Å². The van der Waals surface area contributed by atoms with Gasteiger partial charge in [-0.05, 0) is 49.4 Å². The third-order valence-corrected chi connectivity index (χ3v) is 6.93. The number of imide groups is 1. The number of benzene rings is 2. The van der Waals surface area contributed by atoms with E-state index in [0.717, 1.165) is 6.42 Å². The predicted molar refractivity (Wildman–Crippen MR) is 119 cm³/mol. The van der Waals surface area contributed by atoms with Crippen molar-refractivity contribution < 1.29 is 23.9 Å². The topological polar surface area (TPSA) is 84.9 Å². The number of ether oxygens (including phenoxy) is 2. The predicted octanol–water partition coefficient (Wildman–Crippen LogP) is 3.66. The highest BCUT2D eigenvalue weighted by Gasteiger charge is 2.61. The maximum atomic E-state index is 13.4. The number of hydrogen-bond acceptors (Lipinski definition) is 5. The second-order valence-corrected chi connectivity index (χ2v) is 8.52. The number of anilines is 2. The molecule has 7 nitrogen and oxygen atoms in total. The smallest absolute Gasteiger partial charge is 0.257 e. The van der Waals surface area contributed by atoms with Gasteiger partial charge in [0.05, 0.1) is 43.0 Å². The first-order valence-corrected chi connectivity index (χ1v) is 10.6. The Balaban J connectivity index is 1.48. The molecule has 1 heterocycles. The minimum atomic E-state index is -0.443. The fraction of sp³-hybridized carbons (Fsp3) is 0.320. The van der Waals surface area contributed by atoms with E-state index in [9.17, 15) is 14.4 Å². The minimum Gasteiger partial charge on any atom is -0.497 e. The van der Waals surface area contributed by atoms with Gasteiger partial charge in [-0.1, -0.05) is 23.8 Å². The molecule has 2 aliphatic carbocycles. The standard InChI is InChI=1S/C25H24N2O5/c1-13-10-14-11-17(13)22-21(14)24(29)27(25(22)30)19-7-5-4-6-16(19)23(28)26-18-12-15(31-2)8-9-20(18)32-3/h4-10,12,14,17,21-22H,11H2,1-3H3,(H,26,28)/t14-,17+,21+,22+/m0/s1. The summed E-state index contributed by atoms with van der Waals surface area (Å²) in [6.07, 6.45) is 3.00. The van der Waals surface area contributed by atoms with Gasteiger partial charge in [0.15, 0.2) is 0 Å². The maximum Gasteiger partial charge on any atom is 0.257 e. The highest BCUT2D eigenvalue weighted by molar-refractivity contribution is 6.25. The fourth-order valence-electron chi connectivity index (χ4n) is 5.47. The largest absolute Gasteiger partial charge is 0.497 e. The number of methoxy groups -OCH3 is 2. The third kappa shape index (κ3) is 2.92. The summed E-state index contributed by atoms with van der Waals surface area (Å²) in [5.74, 6) is -0.264. The summed E-state index contributed by atoms with van der Waals surface area (Å²) >= 11 is 0. The fourth-order valence-corrected chi connectivity index (χ4v) is 5.47. The van der Waals surface area contributed by atoms with E-state index in [1.54, 1.807) is 42.5 Å². The lowest BCUT2D eigenvalue weighted by atomic mass is 9.82. The quantitative estimate of drug-likeness (QED) is 0.576. The van der Waals surface area contributed by atoms with Crippen LogP contribution in [0.3, 0.4) is 0 Å². The van der Waals surface area contributed by atoms with Crippen LogP contribution in [-0.4, -0.2) is 31.9 Å². The summed E-state index contributed by atoms with van der Waals surface area (Å²) in [5, 5.41) is 2.83. The minimum absolute atomic E-state index is 0.105. The number of nitrogens with zero attached hydrogens (tertiary/aromatic N) is 1. The number of nitrogens with one attached hydrogen (secondary N) is 1. The average Bonchev–Trinajstić information content (AvgIpc) is 3.43. The Labute approximate surface area is 186 Å². The van der Waals surface area contributed by atoms with Gasteiger partial charge in [0.1, 0.15) is 11.5 Å². The molecule has 3 amide bonds. The van der Waals surface area contributed by atoms with Gasteiger partial charge in [-0.2, -0.15) is 0 Å². The lowest BCUT2D eigenvalue weighted by Crippen LogP contribution is -2.34. The second-order valence-electron chi connectivity index (χ2n) is 8.52. The lowest BCUT2D eigenvalue weighted by molar-refractivity contribution is -0.123. The zero-order chi connectivity index (χ0) is 22.6. The number of carbonyl (C=O) groups is 3. The molecule has 0 unspecified atom stereocenters. The van der Waals surface area contributed by atoms with Crippen molar-refractivity contribution in [1.29, 1.82) is 0 Å². The van der Waals surface area contributed by atoms with Crippen LogP contribution >= 0.6 is 0 Å². The van der Waals surface area contributed by atoms with Crippen LogP contribution in [0.25, 0.3) is 0 Å². The van der Waals surface area contributed by atoms with E-state index < -0.39 is 5.91 Å². The molecule has 32 heavy (non-hydrogen) atoms. The molecule has 1 aliphatic heterocycles. The molecule has 0 spiro atoms. The van der Waals surface area contributed by atoms with E-state index in [1.807, 2.05) is 6.92 Å². The van der Waals surface area contributed by atoms with Gasteiger partial charge in [0.25, 0.3) is 5.91 Å². The van der Waals surface area contributed by atoms with Crippen molar-refractivity contribution in [2.24, 2.45) is 23.7 Å². The molecule has 2 aromatic carbocycles. The molecule has 1 saturated carbocycles. The highest BCUT2D eigenvalue weighted by Crippen LogP contribution is 2.56. The summed E-state index contributed by atoms with van der Waals surface area (Å²) in [6.45, 7) is 2.03. The monoisotopic (exact) mass is 432 g/mol. The molecule has 0 aromatic heterocycles. The Hall–Kier alpha value is -3.61. The van der Waals surface area contributed by atoms with Crippen molar-refractivity contribution >= 4 is 29.1 Å². The molecule has 3 aliphatic rings. The van der Waals surface area contributed by atoms with Crippen molar-refractivity contribution in [1.82, 2.24) is 0 Å². The normalized spacial score (nSPS) is 25.6. The Bertz CT molecular complexity index is 1170. The van der Waals surface area contributed by atoms with Gasteiger partial charge in [-0.3, -0.25) is 14.4 Å². The zero-order valence-electron chi connectivity index (χ0n) is 18.1. The van der Waals surface area contributed by atoms with E-state index >= 15 is 0 Å². The summed E-state index contributed by atoms with van der Waals surface area (Å²) < 4.78 is 10.6. The van der Waals surface area contributed by atoms with Crippen LogP contribution < -0.4 is 19.7 Å². The van der Waals surface area contributed by atoms with Gasteiger partial charge < -0.3 is 14.8 Å². The molecule has 2 aromatic rings. The molecular formula is C25H24N2O5. The summed E-state index contributed by atoms with van der Waals surface area (Å²) in [6, 6.07) is 11.8. The SMILES string of the molecule is COc1ccc(OC)c(NC(=O)c2ccccc2N2C(=O)[C@H]3[C@H](C2=O)[C@H]2C=C(C)[C@H]3C2)c1. The summed E-state index contributed by atoms with van der Waals surface area (Å²) in [7, 11) is 3.05. The maximum absolute atomic E-state index is 13.4. The second kappa shape index (κ2) is 7.51. The molecule has 164 valence electrons. The molecule has 2 bridgehead atoms. The van der Waals surface area contributed by atoms with E-state index in [-0.39, 0.29) is 41.0 Å². The van der Waals surface area contributed by atoms with E-state index in [0.29, 0.717) is 22.9 Å². The Kier molecular flexibility index (Phi) is 4.77. The number of carbonyl (C=O) groups excluding carboxylic acids is 3. The first-order chi connectivity index (χ1) is 15.4. The van der Waals surface area contributed by atoms with Gasteiger partial charge in [-0.25, -0.2) is 4.90 Å². The first-order valence-electron chi connectivity index (χ1n) is 10.6. The van der Waals surface area contributed by atoms with Gasteiger partial charge in [0, 0.05) is 6.07 Å². The first kappa shape index (κ1) is 20.3. The Morgan fingerprint density at radius 2 is 1.78 bits per heavy atom. The van der Waals surface area contributed by atoms with Crippen molar-refractivity contribution in [2.75, 3.05) is 24.4 Å². The number of fused-ring (bicyclic) bond motifs is 5. The van der Waals surface area contributed by atoms with E-state index in [2.05, 4.69) is 11.4 Å². The van der Waals surface area contributed by atoms with Crippen molar-refractivity contribution in [3.8, 4) is 11.5 Å². The van der Waals surface area contributed by atoms with Gasteiger partial charge >= 0.3 is 0 Å². The molecule has 1 saturated heterocycles. The van der Waals surface area contributed by atoms with Crippen LogP contribution in [0.4, 0.5) is 11.4 Å². The van der Waals surface area contributed by atoms with Gasteiger partial charge in [-0.15, -0.1) is 0 Å². The molecule has 5 rings (SSSR count). The number of amides is 3. The lowest BCUT2D eigenvalue weighted by Gasteiger charge is -2.21. The highest BCUT2D eigenvalue weighted by atomic mass is 16.5. The van der Waals surface area contributed by atoms with Crippen LogP contribution in [0.2, 0.25) is 0 Å². The third-order valence-electron chi connectivity index (χ3n) is 6.93. The molecule has 0 radical (unpaired) electrons. The van der Waals surface area contributed by atoms with Crippen molar-refractivity contribution in [3.05, 3.63) is 59.7 Å². The number of rotatable bonds is 5. The molecular weight excluding hydrogens is 408 g/mol.